The molecular formula is C17H28IN5. The number of pyridine rings is 1. The molecule has 128 valence electrons. The van der Waals surface area contributed by atoms with Crippen molar-refractivity contribution in [3.05, 3.63) is 23.9 Å². The number of rotatable bonds is 4. The summed E-state index contributed by atoms with van der Waals surface area (Å²) in [6, 6.07) is 4.83. The van der Waals surface area contributed by atoms with Gasteiger partial charge in [-0.1, -0.05) is 13.0 Å². The molecule has 1 aromatic heterocycles. The van der Waals surface area contributed by atoms with Crippen LogP contribution in [0.2, 0.25) is 0 Å². The highest BCUT2D eigenvalue weighted by atomic mass is 127. The Labute approximate surface area is 156 Å². The van der Waals surface area contributed by atoms with Crippen LogP contribution < -0.4 is 10.6 Å². The number of aromatic nitrogens is 1. The Morgan fingerprint density at radius 2 is 2.00 bits per heavy atom. The van der Waals surface area contributed by atoms with E-state index in [2.05, 4.69) is 38.8 Å². The predicted molar refractivity (Wildman–Crippen MR) is 106 cm³/mol. The lowest BCUT2D eigenvalue weighted by molar-refractivity contribution is 0.436. The molecule has 3 rings (SSSR count). The summed E-state index contributed by atoms with van der Waals surface area (Å²) in [6.45, 7) is 5.16. The first-order chi connectivity index (χ1) is 10.6. The maximum Gasteiger partial charge on any atom is 0.191 e. The molecule has 1 saturated carbocycles. The molecule has 2 N–H and O–H groups in total. The van der Waals surface area contributed by atoms with Crippen LogP contribution in [-0.2, 0) is 6.54 Å². The molecule has 0 spiro atoms. The van der Waals surface area contributed by atoms with Crippen molar-refractivity contribution in [2.45, 2.75) is 45.2 Å². The lowest BCUT2D eigenvalue weighted by Crippen LogP contribution is -2.35. The number of aliphatic imine (C=N–C) groups is 1. The van der Waals surface area contributed by atoms with Crippen molar-refractivity contribution in [1.82, 2.24) is 9.88 Å². The molecule has 0 bridgehead atoms. The molecule has 23 heavy (non-hydrogen) atoms. The molecule has 5 nitrogen and oxygen atoms in total. The van der Waals surface area contributed by atoms with Gasteiger partial charge in [0.1, 0.15) is 5.82 Å². The third kappa shape index (κ3) is 4.96. The molecule has 2 fully saturated rings. The molecule has 0 radical (unpaired) electrons. The Balaban J connectivity index is 0.00000192. The van der Waals surface area contributed by atoms with Gasteiger partial charge in [0.2, 0.25) is 0 Å². The average Bonchev–Trinajstić information content (AvgIpc) is 3.38. The van der Waals surface area contributed by atoms with Crippen LogP contribution in [0.5, 0.6) is 0 Å². The normalized spacial score (nSPS) is 19.4. The van der Waals surface area contributed by atoms with E-state index < -0.39 is 0 Å². The molecule has 1 aliphatic carbocycles. The Morgan fingerprint density at radius 3 is 2.57 bits per heavy atom. The zero-order valence-corrected chi connectivity index (χ0v) is 16.4. The number of hydrogen-bond donors (Lipinski definition) is 1. The van der Waals surface area contributed by atoms with E-state index in [9.17, 15) is 0 Å². The van der Waals surface area contributed by atoms with Crippen molar-refractivity contribution < 1.29 is 0 Å². The maximum absolute atomic E-state index is 6.01. The summed E-state index contributed by atoms with van der Waals surface area (Å²) in [5.74, 6) is 2.57. The van der Waals surface area contributed by atoms with E-state index in [0.29, 0.717) is 18.5 Å². The number of anilines is 1. The van der Waals surface area contributed by atoms with Crippen LogP contribution in [0.25, 0.3) is 0 Å². The van der Waals surface area contributed by atoms with Crippen LogP contribution in [0.4, 0.5) is 5.82 Å². The van der Waals surface area contributed by atoms with Crippen LogP contribution in [-0.4, -0.2) is 42.0 Å². The summed E-state index contributed by atoms with van der Waals surface area (Å²) >= 11 is 0. The van der Waals surface area contributed by atoms with Crippen LogP contribution >= 0.6 is 24.0 Å². The van der Waals surface area contributed by atoms with Gasteiger partial charge in [0.25, 0.3) is 0 Å². The summed E-state index contributed by atoms with van der Waals surface area (Å²) in [4.78, 5) is 13.5. The number of piperidine rings is 1. The molecule has 1 aromatic rings. The van der Waals surface area contributed by atoms with E-state index in [1.807, 2.05) is 13.2 Å². The molecule has 6 heteroatoms. The Hall–Kier alpha value is -1.05. The summed E-state index contributed by atoms with van der Waals surface area (Å²) < 4.78 is 0. The first kappa shape index (κ1) is 18.3. The minimum absolute atomic E-state index is 0. The monoisotopic (exact) mass is 429 g/mol. The molecule has 0 atom stereocenters. The molecular weight excluding hydrogens is 401 g/mol. The van der Waals surface area contributed by atoms with E-state index in [-0.39, 0.29) is 24.0 Å². The van der Waals surface area contributed by atoms with Crippen LogP contribution in [0.15, 0.2) is 23.3 Å². The first-order valence-corrected chi connectivity index (χ1v) is 8.36. The Kier molecular flexibility index (Phi) is 6.50. The number of nitrogens with two attached hydrogens (primary N) is 1. The largest absolute Gasteiger partial charge is 0.370 e. The van der Waals surface area contributed by atoms with Gasteiger partial charge < -0.3 is 15.5 Å². The SMILES string of the molecule is CC1CCN(c2ccc(CN=C(N)N(C)C3CC3)cn2)CC1.I. The van der Waals surface area contributed by atoms with Gasteiger partial charge in [-0.15, -0.1) is 24.0 Å². The second-order valence-corrected chi connectivity index (χ2v) is 6.71. The maximum atomic E-state index is 6.01. The van der Waals surface area contributed by atoms with E-state index in [1.54, 1.807) is 0 Å². The van der Waals surface area contributed by atoms with Crippen LogP contribution in [0.1, 0.15) is 38.2 Å². The van der Waals surface area contributed by atoms with Gasteiger partial charge in [-0.05, 0) is 43.2 Å². The molecule has 0 unspecified atom stereocenters. The highest BCUT2D eigenvalue weighted by Crippen LogP contribution is 2.25. The second-order valence-electron chi connectivity index (χ2n) is 6.71. The third-order valence-corrected chi connectivity index (χ3v) is 4.80. The number of nitrogens with zero attached hydrogens (tertiary/aromatic N) is 4. The predicted octanol–water partition coefficient (Wildman–Crippen LogP) is 2.84. The Morgan fingerprint density at radius 1 is 1.30 bits per heavy atom. The zero-order chi connectivity index (χ0) is 15.5. The minimum atomic E-state index is 0. The first-order valence-electron chi connectivity index (χ1n) is 8.36. The molecule has 2 heterocycles. The third-order valence-electron chi connectivity index (χ3n) is 4.80. The summed E-state index contributed by atoms with van der Waals surface area (Å²) in [5.41, 5.74) is 7.13. The molecule has 2 aliphatic rings. The highest BCUT2D eigenvalue weighted by molar-refractivity contribution is 14.0. The van der Waals surface area contributed by atoms with Gasteiger partial charge in [-0.2, -0.15) is 0 Å². The lowest BCUT2D eigenvalue weighted by Gasteiger charge is -2.31. The Bertz CT molecular complexity index is 518. The fourth-order valence-corrected chi connectivity index (χ4v) is 2.87. The van der Waals surface area contributed by atoms with Crippen molar-refractivity contribution >= 4 is 35.8 Å². The van der Waals surface area contributed by atoms with Crippen molar-refractivity contribution in [2.24, 2.45) is 16.6 Å². The quantitative estimate of drug-likeness (QED) is 0.455. The van der Waals surface area contributed by atoms with E-state index in [0.717, 1.165) is 30.4 Å². The minimum Gasteiger partial charge on any atom is -0.370 e. The van der Waals surface area contributed by atoms with Gasteiger partial charge in [0.15, 0.2) is 5.96 Å². The van der Waals surface area contributed by atoms with Gasteiger partial charge in [-0.25, -0.2) is 9.98 Å². The smallest absolute Gasteiger partial charge is 0.191 e. The van der Waals surface area contributed by atoms with Gasteiger partial charge in [0.05, 0.1) is 6.54 Å². The molecule has 0 aromatic carbocycles. The van der Waals surface area contributed by atoms with Crippen molar-refractivity contribution in [1.29, 1.82) is 0 Å². The van der Waals surface area contributed by atoms with Gasteiger partial charge >= 0.3 is 0 Å². The fraction of sp³-hybridized carbons (Fsp3) is 0.647. The topological polar surface area (TPSA) is 57.8 Å². The van der Waals surface area contributed by atoms with Crippen molar-refractivity contribution in [3.8, 4) is 0 Å². The summed E-state index contributed by atoms with van der Waals surface area (Å²) in [6.07, 6.45) is 6.92. The van der Waals surface area contributed by atoms with Gasteiger partial charge in [-0.3, -0.25) is 0 Å². The van der Waals surface area contributed by atoms with Crippen molar-refractivity contribution in [3.63, 3.8) is 0 Å². The lowest BCUT2D eigenvalue weighted by atomic mass is 9.99. The summed E-state index contributed by atoms with van der Waals surface area (Å²) in [7, 11) is 2.02. The van der Waals surface area contributed by atoms with E-state index in [1.165, 1.54) is 25.7 Å². The highest BCUT2D eigenvalue weighted by Gasteiger charge is 2.27. The van der Waals surface area contributed by atoms with E-state index in [4.69, 9.17) is 5.73 Å². The van der Waals surface area contributed by atoms with E-state index >= 15 is 0 Å². The molecule has 1 aliphatic heterocycles. The zero-order valence-electron chi connectivity index (χ0n) is 14.1. The molecule has 1 saturated heterocycles. The standard InChI is InChI=1S/C17H27N5.HI/c1-13-7-9-22(10-8-13)16-6-3-14(11-19-16)12-20-17(18)21(2)15-4-5-15;/h3,6,11,13,15H,4-5,7-10,12H2,1-2H3,(H2,18,20);1H. The number of halogens is 1. The van der Waals surface area contributed by atoms with Gasteiger partial charge in [0, 0.05) is 32.4 Å². The van der Waals surface area contributed by atoms with Crippen molar-refractivity contribution in [2.75, 3.05) is 25.0 Å². The molecule has 0 amide bonds. The second kappa shape index (κ2) is 8.17. The number of guanidine groups is 1. The fourth-order valence-electron chi connectivity index (χ4n) is 2.87. The van der Waals surface area contributed by atoms with Crippen LogP contribution in [0, 0.1) is 5.92 Å². The number of hydrogen-bond acceptors (Lipinski definition) is 3. The van der Waals surface area contributed by atoms with Crippen LogP contribution in [0.3, 0.4) is 0 Å². The summed E-state index contributed by atoms with van der Waals surface area (Å²) in [5, 5.41) is 0. The average molecular weight is 429 g/mol.